The molecule has 0 heterocycles. The SMILES string of the molecule is CCCOc1cc(-c2ccc(CCN[C@@H](C)[C@H](O)c3ccccc3)cc2)ccc1C(=O)O.Cl. The molecule has 0 bridgehead atoms. The van der Waals surface area contributed by atoms with Gasteiger partial charge in [0.25, 0.3) is 0 Å². The molecule has 3 rings (SSSR count). The molecule has 0 aliphatic heterocycles. The molecule has 2 atom stereocenters. The van der Waals surface area contributed by atoms with Crippen molar-refractivity contribution in [3.8, 4) is 16.9 Å². The third-order valence-electron chi connectivity index (χ3n) is 5.46. The Balaban J connectivity index is 0.00000385. The molecule has 0 radical (unpaired) electrons. The molecule has 0 aliphatic rings. The highest BCUT2D eigenvalue weighted by Crippen LogP contribution is 2.28. The number of carboxylic acid groups (broad SMARTS) is 1. The fourth-order valence-corrected chi connectivity index (χ4v) is 3.57. The summed E-state index contributed by atoms with van der Waals surface area (Å²) >= 11 is 0. The summed E-state index contributed by atoms with van der Waals surface area (Å²) in [6.45, 7) is 5.21. The number of halogens is 1. The van der Waals surface area contributed by atoms with E-state index in [1.807, 2.05) is 62.4 Å². The van der Waals surface area contributed by atoms with Crippen molar-refractivity contribution in [2.24, 2.45) is 0 Å². The zero-order valence-corrected chi connectivity index (χ0v) is 19.8. The number of aliphatic hydroxyl groups is 1. The van der Waals surface area contributed by atoms with Crippen molar-refractivity contribution in [1.29, 1.82) is 0 Å². The first kappa shape index (κ1) is 26.4. The molecule has 0 unspecified atom stereocenters. The lowest BCUT2D eigenvalue weighted by molar-refractivity contribution is 0.0692. The van der Waals surface area contributed by atoms with Gasteiger partial charge in [0.1, 0.15) is 11.3 Å². The zero-order chi connectivity index (χ0) is 22.9. The van der Waals surface area contributed by atoms with Crippen LogP contribution in [0.2, 0.25) is 0 Å². The summed E-state index contributed by atoms with van der Waals surface area (Å²) in [6, 6.07) is 23.1. The molecular formula is C27H32ClNO4. The van der Waals surface area contributed by atoms with Crippen LogP contribution in [0, 0.1) is 0 Å². The average Bonchev–Trinajstić information content (AvgIpc) is 2.82. The van der Waals surface area contributed by atoms with Crippen LogP contribution in [-0.4, -0.2) is 35.4 Å². The van der Waals surface area contributed by atoms with Gasteiger partial charge in [0.15, 0.2) is 0 Å². The second-order valence-corrected chi connectivity index (χ2v) is 7.91. The number of aliphatic hydroxyl groups excluding tert-OH is 1. The van der Waals surface area contributed by atoms with Gasteiger partial charge in [-0.1, -0.05) is 67.6 Å². The van der Waals surface area contributed by atoms with Crippen molar-refractivity contribution in [2.45, 2.75) is 38.8 Å². The Kier molecular flexibility index (Phi) is 10.4. The fraction of sp³-hybridized carbons (Fsp3) is 0.296. The Morgan fingerprint density at radius 3 is 2.30 bits per heavy atom. The highest BCUT2D eigenvalue weighted by molar-refractivity contribution is 5.92. The first-order valence-electron chi connectivity index (χ1n) is 11.1. The third kappa shape index (κ3) is 7.32. The fourth-order valence-electron chi connectivity index (χ4n) is 3.57. The lowest BCUT2D eigenvalue weighted by Crippen LogP contribution is -2.33. The van der Waals surface area contributed by atoms with Gasteiger partial charge in [-0.3, -0.25) is 0 Å². The lowest BCUT2D eigenvalue weighted by Gasteiger charge is -2.20. The van der Waals surface area contributed by atoms with Crippen molar-refractivity contribution in [3.05, 3.63) is 89.5 Å². The predicted molar refractivity (Wildman–Crippen MR) is 134 cm³/mol. The summed E-state index contributed by atoms with van der Waals surface area (Å²) in [5.74, 6) is -0.590. The number of aromatic carboxylic acids is 1. The predicted octanol–water partition coefficient (Wildman–Crippen LogP) is 5.52. The molecule has 0 spiro atoms. The molecule has 3 aromatic rings. The minimum absolute atomic E-state index is 0. The minimum atomic E-state index is -0.989. The van der Waals surface area contributed by atoms with Gasteiger partial charge in [-0.25, -0.2) is 4.79 Å². The monoisotopic (exact) mass is 469 g/mol. The molecule has 33 heavy (non-hydrogen) atoms. The van der Waals surface area contributed by atoms with Gasteiger partial charge >= 0.3 is 5.97 Å². The van der Waals surface area contributed by atoms with Crippen LogP contribution in [0.1, 0.15) is 47.9 Å². The maximum absolute atomic E-state index is 11.4. The van der Waals surface area contributed by atoms with E-state index in [0.29, 0.717) is 12.4 Å². The number of nitrogens with one attached hydrogen (secondary N) is 1. The standard InChI is InChI=1S/C27H31NO4.ClH/c1-3-17-32-25-18-23(13-14-24(25)27(30)31)21-11-9-20(10-12-21)15-16-28-19(2)26(29)22-7-5-4-6-8-22;/h4-14,18-19,26,28-29H,3,15-17H2,1-2H3,(H,30,31);1H/t19-,26-;/m0./s1. The molecule has 0 fully saturated rings. The van der Waals surface area contributed by atoms with Gasteiger partial charge in [0.2, 0.25) is 0 Å². The van der Waals surface area contributed by atoms with Gasteiger partial charge in [-0.2, -0.15) is 0 Å². The molecule has 6 heteroatoms. The number of benzene rings is 3. The Morgan fingerprint density at radius 2 is 1.67 bits per heavy atom. The molecule has 5 nitrogen and oxygen atoms in total. The van der Waals surface area contributed by atoms with Crippen LogP contribution >= 0.6 is 12.4 Å². The Morgan fingerprint density at radius 1 is 1.00 bits per heavy atom. The summed E-state index contributed by atoms with van der Waals surface area (Å²) in [4.78, 5) is 11.4. The summed E-state index contributed by atoms with van der Waals surface area (Å²) in [5.41, 5.74) is 4.20. The molecule has 0 saturated heterocycles. The molecule has 0 amide bonds. The lowest BCUT2D eigenvalue weighted by atomic mass is 10.0. The Labute approximate surface area is 201 Å². The van der Waals surface area contributed by atoms with E-state index in [1.54, 1.807) is 12.1 Å². The first-order valence-corrected chi connectivity index (χ1v) is 11.1. The quantitative estimate of drug-likeness (QED) is 0.345. The van der Waals surface area contributed by atoms with E-state index in [2.05, 4.69) is 17.4 Å². The number of ether oxygens (including phenoxy) is 1. The topological polar surface area (TPSA) is 78.8 Å². The van der Waals surface area contributed by atoms with Crippen molar-refractivity contribution in [1.82, 2.24) is 5.32 Å². The van der Waals surface area contributed by atoms with Crippen LogP contribution in [-0.2, 0) is 6.42 Å². The van der Waals surface area contributed by atoms with Crippen LogP contribution in [0.5, 0.6) is 5.75 Å². The minimum Gasteiger partial charge on any atom is -0.493 e. The van der Waals surface area contributed by atoms with E-state index in [-0.39, 0.29) is 24.0 Å². The second-order valence-electron chi connectivity index (χ2n) is 7.91. The summed E-state index contributed by atoms with van der Waals surface area (Å²) in [5, 5.41) is 23.2. The summed E-state index contributed by atoms with van der Waals surface area (Å²) in [7, 11) is 0. The van der Waals surface area contributed by atoms with Crippen LogP contribution < -0.4 is 10.1 Å². The van der Waals surface area contributed by atoms with Crippen LogP contribution in [0.25, 0.3) is 11.1 Å². The van der Waals surface area contributed by atoms with Crippen LogP contribution in [0.4, 0.5) is 0 Å². The van der Waals surface area contributed by atoms with Gasteiger partial charge in [-0.15, -0.1) is 12.4 Å². The highest BCUT2D eigenvalue weighted by Gasteiger charge is 2.15. The zero-order valence-electron chi connectivity index (χ0n) is 19.0. The maximum Gasteiger partial charge on any atom is 0.339 e. The van der Waals surface area contributed by atoms with E-state index in [1.165, 1.54) is 5.56 Å². The van der Waals surface area contributed by atoms with E-state index >= 15 is 0 Å². The molecule has 3 aromatic carbocycles. The van der Waals surface area contributed by atoms with Crippen molar-refractivity contribution in [3.63, 3.8) is 0 Å². The van der Waals surface area contributed by atoms with Gasteiger partial charge in [0.05, 0.1) is 12.7 Å². The molecule has 0 saturated carbocycles. The second kappa shape index (κ2) is 13.0. The Bertz CT molecular complexity index is 1010. The summed E-state index contributed by atoms with van der Waals surface area (Å²) in [6.07, 6.45) is 1.11. The number of carbonyl (C=O) groups is 1. The molecular weight excluding hydrogens is 438 g/mol. The molecule has 3 N–H and O–H groups in total. The largest absolute Gasteiger partial charge is 0.493 e. The van der Waals surface area contributed by atoms with Gasteiger partial charge in [0, 0.05) is 6.04 Å². The number of hydrogen-bond donors (Lipinski definition) is 3. The highest BCUT2D eigenvalue weighted by atomic mass is 35.5. The first-order chi connectivity index (χ1) is 15.5. The van der Waals surface area contributed by atoms with Crippen LogP contribution in [0.15, 0.2) is 72.8 Å². The van der Waals surface area contributed by atoms with E-state index < -0.39 is 12.1 Å². The Hall–Kier alpha value is -2.86. The maximum atomic E-state index is 11.4. The van der Waals surface area contributed by atoms with Gasteiger partial charge in [-0.05, 0) is 60.7 Å². The van der Waals surface area contributed by atoms with Crippen molar-refractivity contribution in [2.75, 3.05) is 13.2 Å². The number of hydrogen-bond acceptors (Lipinski definition) is 4. The molecule has 0 aliphatic carbocycles. The van der Waals surface area contributed by atoms with Crippen LogP contribution in [0.3, 0.4) is 0 Å². The average molecular weight is 470 g/mol. The van der Waals surface area contributed by atoms with Gasteiger partial charge < -0.3 is 20.3 Å². The molecule has 0 aromatic heterocycles. The smallest absolute Gasteiger partial charge is 0.339 e. The van der Waals surface area contributed by atoms with Crippen molar-refractivity contribution < 1.29 is 19.7 Å². The van der Waals surface area contributed by atoms with E-state index in [4.69, 9.17) is 4.74 Å². The third-order valence-corrected chi connectivity index (χ3v) is 5.46. The summed E-state index contributed by atoms with van der Waals surface area (Å²) < 4.78 is 5.65. The normalized spacial score (nSPS) is 12.5. The van der Waals surface area contributed by atoms with E-state index in [9.17, 15) is 15.0 Å². The number of rotatable bonds is 11. The van der Waals surface area contributed by atoms with E-state index in [0.717, 1.165) is 36.1 Å². The number of carboxylic acids is 1. The molecule has 176 valence electrons. The van der Waals surface area contributed by atoms with Crippen molar-refractivity contribution >= 4 is 18.4 Å².